The lowest BCUT2D eigenvalue weighted by Gasteiger charge is -2.25. The fourth-order valence-corrected chi connectivity index (χ4v) is 2.52. The molecule has 20 heavy (non-hydrogen) atoms. The maximum absolute atomic E-state index is 4.32. The zero-order chi connectivity index (χ0) is 13.5. The van der Waals surface area contributed by atoms with E-state index in [-0.39, 0.29) is 0 Å². The molecule has 4 heterocycles. The molecular weight excluding hydrogens is 258 g/mol. The quantitative estimate of drug-likeness (QED) is 0.691. The predicted octanol–water partition coefficient (Wildman–Crippen LogP) is -0.154. The number of nitrogens with one attached hydrogen (secondary N) is 1. The normalized spacial score (nSPS) is 18.1. The molecule has 1 N–H and O–H groups in total. The average Bonchev–Trinajstić information content (AvgIpc) is 3.06. The van der Waals surface area contributed by atoms with Gasteiger partial charge in [-0.3, -0.25) is 0 Å². The van der Waals surface area contributed by atoms with Crippen molar-refractivity contribution >= 4 is 11.5 Å². The number of nitrogens with zero attached hydrogens (tertiary/aromatic N) is 8. The van der Waals surface area contributed by atoms with E-state index in [2.05, 4.69) is 40.7 Å². The van der Waals surface area contributed by atoms with Gasteiger partial charge in [-0.25, -0.2) is 0 Å². The zero-order valence-electron chi connectivity index (χ0n) is 10.9. The molecule has 0 saturated heterocycles. The number of aryl methyl sites for hydroxylation is 2. The number of tetrazole rings is 1. The van der Waals surface area contributed by atoms with E-state index in [0.29, 0.717) is 11.7 Å². The van der Waals surface area contributed by atoms with Gasteiger partial charge in [0.05, 0.1) is 0 Å². The highest BCUT2D eigenvalue weighted by molar-refractivity contribution is 5.42. The Morgan fingerprint density at radius 3 is 3.15 bits per heavy atom. The summed E-state index contributed by atoms with van der Waals surface area (Å²) in [6.07, 6.45) is 1.93. The van der Waals surface area contributed by atoms with Crippen LogP contribution in [0.3, 0.4) is 0 Å². The van der Waals surface area contributed by atoms with Gasteiger partial charge in [-0.2, -0.15) is 0 Å². The van der Waals surface area contributed by atoms with Crippen molar-refractivity contribution < 1.29 is 0 Å². The molecule has 1 atom stereocenters. The standard InChI is InChI=1S/C11H13N9/c1-7-13-14-10-4-2-8(6-19(7)10)12-9-3-5-11-15-17-18-20(11)16-9/h3,5,8H,2,4,6H2,1H3,(H,12,16)/t8-/m1/s1. The Morgan fingerprint density at radius 2 is 2.20 bits per heavy atom. The van der Waals surface area contributed by atoms with Crippen LogP contribution in [0, 0.1) is 6.92 Å². The van der Waals surface area contributed by atoms with Gasteiger partial charge in [-0.15, -0.1) is 25.0 Å². The lowest BCUT2D eigenvalue weighted by molar-refractivity contribution is 0.468. The average molecular weight is 271 g/mol. The SMILES string of the molecule is Cc1nnc2n1C[C@H](Nc1ccc3nnnn3n1)CC2. The summed E-state index contributed by atoms with van der Waals surface area (Å²) < 4.78 is 3.57. The van der Waals surface area contributed by atoms with E-state index in [1.54, 1.807) is 0 Å². The Hall–Kier alpha value is -2.58. The molecule has 9 nitrogen and oxygen atoms in total. The zero-order valence-corrected chi connectivity index (χ0v) is 10.9. The number of hydrogen-bond acceptors (Lipinski definition) is 7. The van der Waals surface area contributed by atoms with Crippen LogP contribution < -0.4 is 5.32 Å². The molecular formula is C11H13N9. The minimum Gasteiger partial charge on any atom is -0.364 e. The lowest BCUT2D eigenvalue weighted by atomic mass is 10.1. The maximum Gasteiger partial charge on any atom is 0.200 e. The van der Waals surface area contributed by atoms with E-state index in [9.17, 15) is 0 Å². The molecule has 0 radical (unpaired) electrons. The topological polar surface area (TPSA) is 98.7 Å². The molecule has 0 unspecified atom stereocenters. The highest BCUT2D eigenvalue weighted by Crippen LogP contribution is 2.17. The minimum atomic E-state index is 0.304. The van der Waals surface area contributed by atoms with Crippen LogP contribution >= 0.6 is 0 Å². The molecule has 3 aromatic rings. The molecule has 9 heteroatoms. The van der Waals surface area contributed by atoms with E-state index in [0.717, 1.165) is 36.9 Å². The van der Waals surface area contributed by atoms with Crippen molar-refractivity contribution in [3.05, 3.63) is 23.8 Å². The van der Waals surface area contributed by atoms with Crippen LogP contribution in [-0.4, -0.2) is 46.1 Å². The molecule has 0 bridgehead atoms. The van der Waals surface area contributed by atoms with Crippen LogP contribution in [0.5, 0.6) is 0 Å². The van der Waals surface area contributed by atoms with Gasteiger partial charge in [0.15, 0.2) is 5.65 Å². The van der Waals surface area contributed by atoms with E-state index < -0.39 is 0 Å². The Kier molecular flexibility index (Phi) is 2.38. The van der Waals surface area contributed by atoms with Gasteiger partial charge in [-0.05, 0) is 35.9 Å². The smallest absolute Gasteiger partial charge is 0.200 e. The van der Waals surface area contributed by atoms with E-state index in [4.69, 9.17) is 0 Å². The molecule has 0 saturated carbocycles. The minimum absolute atomic E-state index is 0.304. The van der Waals surface area contributed by atoms with Crippen LogP contribution in [0.2, 0.25) is 0 Å². The third-order valence-electron chi connectivity index (χ3n) is 3.55. The molecule has 1 aliphatic heterocycles. The van der Waals surface area contributed by atoms with Crippen LogP contribution in [0.25, 0.3) is 5.65 Å². The number of fused-ring (bicyclic) bond motifs is 2. The summed E-state index contributed by atoms with van der Waals surface area (Å²) in [4.78, 5) is 0. The van der Waals surface area contributed by atoms with Gasteiger partial charge >= 0.3 is 0 Å². The first-order chi connectivity index (χ1) is 9.79. The Morgan fingerprint density at radius 1 is 1.25 bits per heavy atom. The first-order valence-corrected chi connectivity index (χ1v) is 6.50. The van der Waals surface area contributed by atoms with Crippen molar-refractivity contribution in [1.82, 2.24) is 40.0 Å². The van der Waals surface area contributed by atoms with E-state index in [1.165, 1.54) is 4.63 Å². The van der Waals surface area contributed by atoms with Crippen LogP contribution in [-0.2, 0) is 13.0 Å². The van der Waals surface area contributed by atoms with Gasteiger partial charge < -0.3 is 9.88 Å². The molecule has 0 spiro atoms. The third-order valence-corrected chi connectivity index (χ3v) is 3.55. The van der Waals surface area contributed by atoms with Gasteiger partial charge in [0.2, 0.25) is 0 Å². The second-order valence-electron chi connectivity index (χ2n) is 4.90. The second-order valence-corrected chi connectivity index (χ2v) is 4.90. The van der Waals surface area contributed by atoms with Crippen molar-refractivity contribution in [2.45, 2.75) is 32.4 Å². The summed E-state index contributed by atoms with van der Waals surface area (Å²) in [6.45, 7) is 2.83. The molecule has 0 amide bonds. The summed E-state index contributed by atoms with van der Waals surface area (Å²) >= 11 is 0. The predicted molar refractivity (Wildman–Crippen MR) is 69.1 cm³/mol. The Bertz CT molecular complexity index is 758. The summed E-state index contributed by atoms with van der Waals surface area (Å²) in [6, 6.07) is 4.03. The van der Waals surface area contributed by atoms with Crippen LogP contribution in [0.1, 0.15) is 18.1 Å². The monoisotopic (exact) mass is 271 g/mol. The van der Waals surface area contributed by atoms with Crippen molar-refractivity contribution in [3.8, 4) is 0 Å². The highest BCUT2D eigenvalue weighted by atomic mass is 15.6. The van der Waals surface area contributed by atoms with Crippen molar-refractivity contribution in [3.63, 3.8) is 0 Å². The molecule has 4 rings (SSSR count). The lowest BCUT2D eigenvalue weighted by Crippen LogP contribution is -2.32. The molecule has 0 aromatic carbocycles. The molecule has 0 fully saturated rings. The summed E-state index contributed by atoms with van der Waals surface area (Å²) in [5, 5.41) is 27.2. The second kappa shape index (κ2) is 4.22. The van der Waals surface area contributed by atoms with Crippen LogP contribution in [0.15, 0.2) is 12.1 Å². The van der Waals surface area contributed by atoms with Crippen molar-refractivity contribution in [1.29, 1.82) is 0 Å². The molecule has 3 aromatic heterocycles. The number of aromatic nitrogens is 8. The maximum atomic E-state index is 4.32. The Labute approximate surface area is 114 Å². The fraction of sp³-hybridized carbons (Fsp3) is 0.455. The number of rotatable bonds is 2. The Balaban J connectivity index is 1.56. The first-order valence-electron chi connectivity index (χ1n) is 6.50. The van der Waals surface area contributed by atoms with Crippen molar-refractivity contribution in [2.24, 2.45) is 0 Å². The number of anilines is 1. The van der Waals surface area contributed by atoms with E-state index >= 15 is 0 Å². The summed E-state index contributed by atoms with van der Waals surface area (Å²) in [5.74, 6) is 2.78. The molecule has 102 valence electrons. The van der Waals surface area contributed by atoms with Gasteiger partial charge in [-0.1, -0.05) is 0 Å². The molecule has 0 aliphatic carbocycles. The molecule has 1 aliphatic rings. The van der Waals surface area contributed by atoms with Crippen LogP contribution in [0.4, 0.5) is 5.82 Å². The highest BCUT2D eigenvalue weighted by Gasteiger charge is 2.21. The summed E-state index contributed by atoms with van der Waals surface area (Å²) in [5.41, 5.74) is 0.635. The fourth-order valence-electron chi connectivity index (χ4n) is 2.52. The summed E-state index contributed by atoms with van der Waals surface area (Å²) in [7, 11) is 0. The van der Waals surface area contributed by atoms with Gasteiger partial charge in [0.25, 0.3) is 0 Å². The van der Waals surface area contributed by atoms with Gasteiger partial charge in [0, 0.05) is 19.0 Å². The third kappa shape index (κ3) is 1.78. The number of hydrogen-bond donors (Lipinski definition) is 1. The first kappa shape index (κ1) is 11.3. The van der Waals surface area contributed by atoms with Gasteiger partial charge in [0.1, 0.15) is 17.5 Å². The largest absolute Gasteiger partial charge is 0.364 e. The van der Waals surface area contributed by atoms with Crippen molar-refractivity contribution in [2.75, 3.05) is 5.32 Å². The van der Waals surface area contributed by atoms with E-state index in [1.807, 2.05) is 19.1 Å².